The van der Waals surface area contributed by atoms with Crippen molar-refractivity contribution in [1.29, 1.82) is 0 Å². The van der Waals surface area contributed by atoms with Crippen molar-refractivity contribution in [1.82, 2.24) is 44.9 Å². The summed E-state index contributed by atoms with van der Waals surface area (Å²) in [6.07, 6.45) is 8.72. The first kappa shape index (κ1) is 35.2. The smallest absolute Gasteiger partial charge is 0.315 e. The number of carbonyl (C=O) groups excluding carboxylic acids is 1. The van der Waals surface area contributed by atoms with Gasteiger partial charge in [0, 0.05) is 56.7 Å². The summed E-state index contributed by atoms with van der Waals surface area (Å²) < 4.78 is 3.63. The first-order chi connectivity index (χ1) is 26.4. The van der Waals surface area contributed by atoms with Crippen LogP contribution in [0.4, 0.5) is 16.6 Å². The highest BCUT2D eigenvalue weighted by Crippen LogP contribution is 2.40. The number of imidazole rings is 1. The average molecular weight is 728 g/mol. The fraction of sp³-hybridized carbons (Fsp3) is 0.350. The van der Waals surface area contributed by atoms with Crippen molar-refractivity contribution in [3.05, 3.63) is 126 Å². The van der Waals surface area contributed by atoms with Crippen molar-refractivity contribution in [3.63, 3.8) is 0 Å². The van der Waals surface area contributed by atoms with Crippen molar-refractivity contribution < 1.29 is 15.0 Å². The predicted molar refractivity (Wildman–Crippen MR) is 205 cm³/mol. The average Bonchev–Trinajstić information content (AvgIpc) is 4.03. The van der Waals surface area contributed by atoms with Gasteiger partial charge < -0.3 is 35.6 Å². The molecule has 0 bridgehead atoms. The van der Waals surface area contributed by atoms with E-state index in [0.717, 1.165) is 24.0 Å². The lowest BCUT2D eigenvalue weighted by atomic mass is 9.91. The lowest BCUT2D eigenvalue weighted by Gasteiger charge is -2.22. The number of nitrogens with one attached hydrogen (secondary N) is 3. The molecule has 2 aliphatic rings. The van der Waals surface area contributed by atoms with Gasteiger partial charge in [0.15, 0.2) is 17.0 Å². The van der Waals surface area contributed by atoms with Crippen molar-refractivity contribution in [2.75, 3.05) is 29.9 Å². The van der Waals surface area contributed by atoms with Gasteiger partial charge in [0.25, 0.3) is 0 Å². The van der Waals surface area contributed by atoms with Gasteiger partial charge in [0.1, 0.15) is 12.2 Å². The van der Waals surface area contributed by atoms with Crippen LogP contribution in [0.3, 0.4) is 0 Å². The SMILES string of the molecule is CCc1cnn([C@H]2C[C@@H](n3cnc4c(NCC(c5ccccc5)c5ccccc5)nc(N5CC[C@@H](NC(=O)NCc6ccncc6)C5)nc43)[C@H](O)[C@@H]2O)c1. The fourth-order valence-corrected chi connectivity index (χ4v) is 7.65. The largest absolute Gasteiger partial charge is 0.388 e. The van der Waals surface area contributed by atoms with Gasteiger partial charge in [-0.2, -0.15) is 15.1 Å². The Morgan fingerprint density at radius 3 is 2.35 bits per heavy atom. The van der Waals surface area contributed by atoms with E-state index in [2.05, 4.69) is 62.1 Å². The number of hydrogen-bond donors (Lipinski definition) is 5. The van der Waals surface area contributed by atoms with Crippen LogP contribution in [0.5, 0.6) is 0 Å². The Morgan fingerprint density at radius 1 is 0.926 bits per heavy atom. The molecule has 5 N–H and O–H groups in total. The third-order valence-corrected chi connectivity index (χ3v) is 10.7. The number of rotatable bonds is 12. The van der Waals surface area contributed by atoms with Gasteiger partial charge in [-0.1, -0.05) is 67.6 Å². The van der Waals surface area contributed by atoms with E-state index in [9.17, 15) is 15.0 Å². The second-order valence-electron chi connectivity index (χ2n) is 14.1. The third kappa shape index (κ3) is 7.34. The van der Waals surface area contributed by atoms with Crippen LogP contribution in [-0.4, -0.2) is 88.4 Å². The topological polar surface area (TPSA) is 171 Å². The minimum absolute atomic E-state index is 0.0311. The quantitative estimate of drug-likeness (QED) is 0.123. The number of amides is 2. The molecule has 5 atom stereocenters. The highest BCUT2D eigenvalue weighted by atomic mass is 16.3. The lowest BCUT2D eigenvalue weighted by Crippen LogP contribution is -2.43. The van der Waals surface area contributed by atoms with Gasteiger partial charge >= 0.3 is 6.03 Å². The highest BCUT2D eigenvalue weighted by Gasteiger charge is 2.44. The van der Waals surface area contributed by atoms with Gasteiger partial charge in [-0.15, -0.1) is 0 Å². The summed E-state index contributed by atoms with van der Waals surface area (Å²) >= 11 is 0. The molecule has 5 heterocycles. The van der Waals surface area contributed by atoms with Crippen molar-refractivity contribution in [2.45, 2.75) is 69.0 Å². The van der Waals surface area contributed by atoms with E-state index in [4.69, 9.17) is 15.0 Å². The number of pyridine rings is 1. The first-order valence-electron chi connectivity index (χ1n) is 18.6. The Bertz CT molecular complexity index is 2120. The summed E-state index contributed by atoms with van der Waals surface area (Å²) in [4.78, 5) is 33.8. The molecule has 4 aromatic heterocycles. The molecule has 2 fully saturated rings. The number of hydrogen-bond acceptors (Lipinski definition) is 10. The maximum atomic E-state index is 12.8. The zero-order valence-electron chi connectivity index (χ0n) is 30.1. The van der Waals surface area contributed by atoms with E-state index in [-0.39, 0.29) is 18.0 Å². The zero-order chi connectivity index (χ0) is 37.0. The third-order valence-electron chi connectivity index (χ3n) is 10.7. The van der Waals surface area contributed by atoms with Crippen LogP contribution in [0.15, 0.2) is 104 Å². The van der Waals surface area contributed by atoms with Crippen LogP contribution in [0.2, 0.25) is 0 Å². The minimum Gasteiger partial charge on any atom is -0.388 e. The Hall–Kier alpha value is -5.86. The van der Waals surface area contributed by atoms with Crippen molar-refractivity contribution >= 4 is 29.0 Å². The van der Waals surface area contributed by atoms with Crippen molar-refractivity contribution in [2.24, 2.45) is 0 Å². The number of aryl methyl sites for hydroxylation is 1. The number of aliphatic hydroxyl groups excluding tert-OH is 2. The van der Waals surface area contributed by atoms with Gasteiger partial charge in [0.2, 0.25) is 5.95 Å². The summed E-state index contributed by atoms with van der Waals surface area (Å²) in [5.74, 6) is 1.10. The van der Waals surface area contributed by atoms with Gasteiger partial charge in [-0.05, 0) is 53.6 Å². The molecule has 54 heavy (non-hydrogen) atoms. The molecule has 6 aromatic rings. The van der Waals surface area contributed by atoms with E-state index < -0.39 is 24.3 Å². The van der Waals surface area contributed by atoms with Gasteiger partial charge in [-0.3, -0.25) is 9.67 Å². The molecule has 8 rings (SSSR count). The molecule has 0 unspecified atom stereocenters. The molecule has 1 aliphatic heterocycles. The van der Waals surface area contributed by atoms with E-state index >= 15 is 0 Å². The molecule has 0 spiro atoms. The molecule has 14 nitrogen and oxygen atoms in total. The van der Waals surface area contributed by atoms with Gasteiger partial charge in [0.05, 0.1) is 24.6 Å². The van der Waals surface area contributed by atoms with E-state index in [0.29, 0.717) is 55.5 Å². The summed E-state index contributed by atoms with van der Waals surface area (Å²) in [7, 11) is 0. The van der Waals surface area contributed by atoms with Crippen molar-refractivity contribution in [3.8, 4) is 0 Å². The molecule has 1 aliphatic carbocycles. The number of aliphatic hydroxyl groups is 2. The zero-order valence-corrected chi connectivity index (χ0v) is 30.1. The molecule has 2 amide bonds. The minimum atomic E-state index is -1.07. The number of aromatic nitrogens is 7. The Kier molecular flexibility index (Phi) is 10.2. The highest BCUT2D eigenvalue weighted by molar-refractivity contribution is 5.84. The number of carbonyl (C=O) groups is 1. The molecule has 278 valence electrons. The first-order valence-corrected chi connectivity index (χ1v) is 18.6. The maximum Gasteiger partial charge on any atom is 0.315 e. The summed E-state index contributed by atoms with van der Waals surface area (Å²) in [5.41, 5.74) is 5.49. The van der Waals surface area contributed by atoms with E-state index in [1.165, 1.54) is 11.1 Å². The molecule has 1 saturated carbocycles. The second kappa shape index (κ2) is 15.6. The number of anilines is 2. The predicted octanol–water partition coefficient (Wildman–Crippen LogP) is 4.21. The van der Waals surface area contributed by atoms with Crippen LogP contribution in [0, 0.1) is 0 Å². The molecule has 0 radical (unpaired) electrons. The van der Waals surface area contributed by atoms with E-state index in [1.807, 2.05) is 59.3 Å². The standard InChI is InChI=1S/C40H45N11O3/c1-2-26-21-45-51(23-26)33-19-32(35(52)36(33)53)50-25-44-34-37(42-22-31(28-9-5-3-6-10-28)29-11-7-4-8-12-29)47-39(48-38(34)50)49-18-15-30(24-49)46-40(54)43-20-27-13-16-41-17-14-27/h3-14,16-17,21,23,25,30-33,35-36,52-53H,2,15,18-20,22,24H2,1H3,(H,42,47,48)(H2,43,46,54)/t30-,32-,33+,35+,36-/m1/s1. The Balaban J connectivity index is 1.08. The van der Waals surface area contributed by atoms with Gasteiger partial charge in [-0.25, -0.2) is 9.78 Å². The van der Waals surface area contributed by atoms with Crippen LogP contribution in [-0.2, 0) is 13.0 Å². The monoisotopic (exact) mass is 727 g/mol. The second-order valence-corrected chi connectivity index (χ2v) is 14.1. The molecule has 14 heteroatoms. The number of urea groups is 1. The van der Waals surface area contributed by atoms with E-state index in [1.54, 1.807) is 29.6 Å². The molecular weight excluding hydrogens is 683 g/mol. The summed E-state index contributed by atoms with van der Waals surface area (Å²) in [5, 5.41) is 36.8. The maximum absolute atomic E-state index is 12.8. The number of nitrogens with zero attached hydrogens (tertiary/aromatic N) is 8. The Morgan fingerprint density at radius 2 is 1.65 bits per heavy atom. The Labute approximate surface area is 313 Å². The molecular formula is C40H45N11O3. The number of fused-ring (bicyclic) bond motifs is 1. The fourth-order valence-electron chi connectivity index (χ4n) is 7.65. The number of benzene rings is 2. The normalized spacial score (nSPS) is 21.2. The van der Waals surface area contributed by atoms with Crippen LogP contribution in [0.1, 0.15) is 60.0 Å². The van der Waals surface area contributed by atoms with Crippen LogP contribution in [0.25, 0.3) is 11.2 Å². The van der Waals surface area contributed by atoms with Crippen LogP contribution < -0.4 is 20.9 Å². The molecule has 1 saturated heterocycles. The van der Waals surface area contributed by atoms with Crippen LogP contribution >= 0.6 is 0 Å². The molecule has 2 aromatic carbocycles. The summed E-state index contributed by atoms with van der Waals surface area (Å²) in [6, 6.07) is 23.2. The lowest BCUT2D eigenvalue weighted by molar-refractivity contribution is 0.00721. The summed E-state index contributed by atoms with van der Waals surface area (Å²) in [6.45, 7) is 4.16.